The maximum absolute atomic E-state index is 4.69. The van der Waals surface area contributed by atoms with Gasteiger partial charge in [0, 0.05) is 18.0 Å². The van der Waals surface area contributed by atoms with Crippen molar-refractivity contribution < 1.29 is 0 Å². The van der Waals surface area contributed by atoms with Gasteiger partial charge < -0.3 is 0 Å². The van der Waals surface area contributed by atoms with Gasteiger partial charge in [-0.25, -0.2) is 9.97 Å². The lowest BCUT2D eigenvalue weighted by molar-refractivity contribution is 0.302. The minimum Gasteiger partial charge on any atom is -0.236 e. The molecule has 2 nitrogen and oxygen atoms in total. The van der Waals surface area contributed by atoms with Crippen molar-refractivity contribution in [3.63, 3.8) is 0 Å². The van der Waals surface area contributed by atoms with Gasteiger partial charge >= 0.3 is 0 Å². The van der Waals surface area contributed by atoms with Crippen molar-refractivity contribution in [1.82, 2.24) is 9.97 Å². The second kappa shape index (κ2) is 17.5. The first-order valence-corrected chi connectivity index (χ1v) is 15.3. The standard InChI is InChI=1S/C34H52N2/c1-3-5-7-9-11-12-14-16-18-30-27-35-34(36-28-30)33-25-23-32(24-26-33)31-21-19-29(20-22-31)17-15-13-10-8-6-4-2/h4,23-29,31H,2-3,5-22H2,1H3. The van der Waals surface area contributed by atoms with Crippen LogP contribution in [0.25, 0.3) is 11.4 Å². The van der Waals surface area contributed by atoms with Gasteiger partial charge in [-0.05, 0) is 74.3 Å². The molecule has 3 rings (SSSR count). The number of hydrogen-bond donors (Lipinski definition) is 0. The van der Waals surface area contributed by atoms with Crippen LogP contribution in [0.4, 0.5) is 0 Å². The second-order valence-electron chi connectivity index (χ2n) is 11.3. The molecule has 0 aliphatic heterocycles. The zero-order valence-corrected chi connectivity index (χ0v) is 23.2. The Hall–Kier alpha value is -1.96. The molecule has 1 aliphatic rings. The highest BCUT2D eigenvalue weighted by Crippen LogP contribution is 2.38. The van der Waals surface area contributed by atoms with Crippen LogP contribution >= 0.6 is 0 Å². The molecule has 0 bridgehead atoms. The molecule has 1 aromatic heterocycles. The van der Waals surface area contributed by atoms with E-state index in [-0.39, 0.29) is 0 Å². The van der Waals surface area contributed by atoms with E-state index in [0.717, 1.165) is 29.6 Å². The number of rotatable bonds is 18. The average Bonchev–Trinajstić information content (AvgIpc) is 2.93. The van der Waals surface area contributed by atoms with Gasteiger partial charge in [-0.2, -0.15) is 0 Å². The lowest BCUT2D eigenvalue weighted by atomic mass is 9.77. The Kier molecular flexibility index (Phi) is 13.9. The molecule has 0 saturated heterocycles. The Balaban J connectivity index is 1.34. The molecule has 1 aliphatic carbocycles. The van der Waals surface area contributed by atoms with E-state index < -0.39 is 0 Å². The number of aryl methyl sites for hydroxylation is 1. The third-order valence-electron chi connectivity index (χ3n) is 8.28. The number of benzene rings is 1. The molecule has 2 aromatic rings. The summed E-state index contributed by atoms with van der Waals surface area (Å²) in [5.74, 6) is 2.55. The first-order chi connectivity index (χ1) is 17.8. The van der Waals surface area contributed by atoms with E-state index in [1.165, 1.54) is 127 Å². The number of allylic oxidation sites excluding steroid dienone is 1. The van der Waals surface area contributed by atoms with E-state index in [9.17, 15) is 0 Å². The fraction of sp³-hybridized carbons (Fsp3) is 0.647. The molecule has 0 radical (unpaired) electrons. The quantitative estimate of drug-likeness (QED) is 0.154. The molecule has 0 spiro atoms. The zero-order chi connectivity index (χ0) is 25.3. The summed E-state index contributed by atoms with van der Waals surface area (Å²) < 4.78 is 0. The van der Waals surface area contributed by atoms with E-state index in [1.807, 2.05) is 12.4 Å². The van der Waals surface area contributed by atoms with E-state index in [2.05, 4.69) is 53.8 Å². The van der Waals surface area contributed by atoms with Gasteiger partial charge in [-0.3, -0.25) is 0 Å². The summed E-state index contributed by atoms with van der Waals surface area (Å²) in [5.41, 5.74) is 3.92. The number of aromatic nitrogens is 2. The summed E-state index contributed by atoms with van der Waals surface area (Å²) in [6.45, 7) is 6.10. The van der Waals surface area contributed by atoms with Gasteiger partial charge in [0.15, 0.2) is 5.82 Å². The van der Waals surface area contributed by atoms with Crippen LogP contribution in [0.5, 0.6) is 0 Å². The second-order valence-corrected chi connectivity index (χ2v) is 11.3. The minimum absolute atomic E-state index is 0.734. The van der Waals surface area contributed by atoms with Crippen molar-refractivity contribution in [3.8, 4) is 11.4 Å². The normalized spacial score (nSPS) is 17.8. The molecule has 2 heteroatoms. The van der Waals surface area contributed by atoms with Crippen molar-refractivity contribution in [2.75, 3.05) is 0 Å². The number of hydrogen-bond acceptors (Lipinski definition) is 2. The van der Waals surface area contributed by atoms with E-state index in [0.29, 0.717) is 0 Å². The highest BCUT2D eigenvalue weighted by molar-refractivity contribution is 5.55. The highest BCUT2D eigenvalue weighted by atomic mass is 14.9. The van der Waals surface area contributed by atoms with Crippen LogP contribution < -0.4 is 0 Å². The summed E-state index contributed by atoms with van der Waals surface area (Å²) in [5, 5.41) is 0. The minimum atomic E-state index is 0.734. The maximum Gasteiger partial charge on any atom is 0.159 e. The van der Waals surface area contributed by atoms with E-state index >= 15 is 0 Å². The third kappa shape index (κ3) is 10.6. The molecule has 198 valence electrons. The van der Waals surface area contributed by atoms with Crippen molar-refractivity contribution in [2.45, 2.75) is 135 Å². The van der Waals surface area contributed by atoms with Crippen LogP contribution in [0.3, 0.4) is 0 Å². The maximum atomic E-state index is 4.69. The molecule has 1 aromatic carbocycles. The Labute approximate surface area is 222 Å². The van der Waals surface area contributed by atoms with Crippen LogP contribution in [0.15, 0.2) is 49.3 Å². The van der Waals surface area contributed by atoms with Crippen LogP contribution in [0.2, 0.25) is 0 Å². The van der Waals surface area contributed by atoms with Crippen LogP contribution in [-0.4, -0.2) is 9.97 Å². The summed E-state index contributed by atoms with van der Waals surface area (Å²) in [7, 11) is 0. The molecule has 1 saturated carbocycles. The first-order valence-electron chi connectivity index (χ1n) is 15.3. The smallest absolute Gasteiger partial charge is 0.159 e. The van der Waals surface area contributed by atoms with Gasteiger partial charge in [0.1, 0.15) is 0 Å². The lowest BCUT2D eigenvalue weighted by Gasteiger charge is -2.29. The van der Waals surface area contributed by atoms with E-state index in [4.69, 9.17) is 0 Å². The van der Waals surface area contributed by atoms with Crippen LogP contribution in [0, 0.1) is 5.92 Å². The Bertz CT molecular complexity index is 815. The largest absolute Gasteiger partial charge is 0.236 e. The van der Waals surface area contributed by atoms with E-state index in [1.54, 1.807) is 0 Å². The summed E-state index contributed by atoms with van der Waals surface area (Å²) >= 11 is 0. The van der Waals surface area contributed by atoms with Crippen LogP contribution in [-0.2, 0) is 6.42 Å². The molecular formula is C34H52N2. The van der Waals surface area contributed by atoms with Crippen molar-refractivity contribution >= 4 is 0 Å². The number of unbranched alkanes of at least 4 members (excludes halogenated alkanes) is 11. The van der Waals surface area contributed by atoms with Gasteiger partial charge in [-0.1, -0.05) is 108 Å². The molecule has 0 unspecified atom stereocenters. The molecule has 0 atom stereocenters. The molecular weight excluding hydrogens is 436 g/mol. The van der Waals surface area contributed by atoms with Gasteiger partial charge in [-0.15, -0.1) is 6.58 Å². The van der Waals surface area contributed by atoms with Crippen molar-refractivity contribution in [2.24, 2.45) is 5.92 Å². The van der Waals surface area contributed by atoms with Crippen molar-refractivity contribution in [3.05, 3.63) is 60.4 Å². The summed E-state index contributed by atoms with van der Waals surface area (Å²) in [6, 6.07) is 9.13. The summed E-state index contributed by atoms with van der Waals surface area (Å²) in [4.78, 5) is 9.37. The average molecular weight is 489 g/mol. The Morgan fingerprint density at radius 1 is 0.750 bits per heavy atom. The summed E-state index contributed by atoms with van der Waals surface area (Å²) in [6.07, 6.45) is 31.8. The van der Waals surface area contributed by atoms with Gasteiger partial charge in [0.25, 0.3) is 0 Å². The van der Waals surface area contributed by atoms with Gasteiger partial charge in [0.05, 0.1) is 0 Å². The topological polar surface area (TPSA) is 25.8 Å². The fourth-order valence-electron chi connectivity index (χ4n) is 5.86. The predicted molar refractivity (Wildman–Crippen MR) is 156 cm³/mol. The fourth-order valence-corrected chi connectivity index (χ4v) is 5.86. The lowest BCUT2D eigenvalue weighted by Crippen LogP contribution is -2.13. The third-order valence-corrected chi connectivity index (χ3v) is 8.28. The molecule has 0 amide bonds. The predicted octanol–water partition coefficient (Wildman–Crippen LogP) is 10.6. The highest BCUT2D eigenvalue weighted by Gasteiger charge is 2.22. The molecule has 1 fully saturated rings. The Morgan fingerprint density at radius 3 is 2.03 bits per heavy atom. The zero-order valence-electron chi connectivity index (χ0n) is 23.2. The molecule has 0 N–H and O–H groups in total. The van der Waals surface area contributed by atoms with Gasteiger partial charge in [0.2, 0.25) is 0 Å². The molecule has 1 heterocycles. The Morgan fingerprint density at radius 2 is 1.36 bits per heavy atom. The van der Waals surface area contributed by atoms with Crippen LogP contribution in [0.1, 0.15) is 140 Å². The SMILES string of the molecule is C=CCCCCCCC1CCC(c2ccc(-c3ncc(CCCCCCCCCC)cn3)cc2)CC1. The number of nitrogens with zero attached hydrogens (tertiary/aromatic N) is 2. The first kappa shape index (κ1) is 28.6. The molecule has 36 heavy (non-hydrogen) atoms. The van der Waals surface area contributed by atoms with Crippen molar-refractivity contribution in [1.29, 1.82) is 0 Å². The monoisotopic (exact) mass is 488 g/mol.